The van der Waals surface area contributed by atoms with Crippen molar-refractivity contribution in [2.45, 2.75) is 6.05 Å². The summed E-state index contributed by atoms with van der Waals surface area (Å²) in [6, 6.07) is 3.90. The molecule has 0 spiro atoms. The van der Waals surface area contributed by atoms with Gasteiger partial charge in [-0.05, 0) is 0 Å². The highest BCUT2D eigenvalue weighted by Crippen LogP contribution is 2.14. The zero-order valence-corrected chi connectivity index (χ0v) is 7.65. The lowest BCUT2D eigenvalue weighted by Crippen LogP contribution is -2.37. The highest BCUT2D eigenvalue weighted by Gasteiger charge is 2.31. The fraction of sp³-hybridized carbons (Fsp3) is 0.100. The SMILES string of the molecule is NC(F)(F)C(=O)/C=C(\O)c1ccccc1. The summed E-state index contributed by atoms with van der Waals surface area (Å²) in [6.45, 7) is 0. The first-order chi connectivity index (χ1) is 6.91. The summed E-state index contributed by atoms with van der Waals surface area (Å²) < 4.78 is 24.5. The van der Waals surface area contributed by atoms with E-state index in [-0.39, 0.29) is 5.56 Å². The van der Waals surface area contributed by atoms with Crippen LogP contribution in [0.1, 0.15) is 5.56 Å². The Morgan fingerprint density at radius 2 is 1.87 bits per heavy atom. The Hall–Kier alpha value is -1.75. The number of aliphatic hydroxyl groups is 1. The van der Waals surface area contributed by atoms with Gasteiger partial charge in [0.25, 0.3) is 0 Å². The van der Waals surface area contributed by atoms with Gasteiger partial charge in [-0.25, -0.2) is 0 Å². The van der Waals surface area contributed by atoms with Crippen LogP contribution in [-0.2, 0) is 4.79 Å². The number of carbonyl (C=O) groups excluding carboxylic acids is 1. The van der Waals surface area contributed by atoms with E-state index in [1.807, 2.05) is 0 Å². The van der Waals surface area contributed by atoms with Crippen LogP contribution in [0.15, 0.2) is 36.4 Å². The molecule has 15 heavy (non-hydrogen) atoms. The Kier molecular flexibility index (Phi) is 3.16. The van der Waals surface area contributed by atoms with E-state index < -0.39 is 17.6 Å². The van der Waals surface area contributed by atoms with Crippen molar-refractivity contribution in [3.63, 3.8) is 0 Å². The summed E-state index contributed by atoms with van der Waals surface area (Å²) in [5.41, 5.74) is 4.54. The Balaban J connectivity index is 2.91. The summed E-state index contributed by atoms with van der Waals surface area (Å²) in [7, 11) is 0. The van der Waals surface area contributed by atoms with E-state index in [0.717, 1.165) is 0 Å². The third-order valence-corrected chi connectivity index (χ3v) is 1.67. The third kappa shape index (κ3) is 3.14. The highest BCUT2D eigenvalue weighted by atomic mass is 19.3. The van der Waals surface area contributed by atoms with Crippen LogP contribution in [-0.4, -0.2) is 16.9 Å². The lowest BCUT2D eigenvalue weighted by molar-refractivity contribution is -0.136. The Morgan fingerprint density at radius 3 is 2.33 bits per heavy atom. The normalized spacial score (nSPS) is 12.6. The molecule has 0 aliphatic carbocycles. The molecule has 0 bridgehead atoms. The van der Waals surface area contributed by atoms with E-state index in [1.165, 1.54) is 12.1 Å². The Morgan fingerprint density at radius 1 is 1.33 bits per heavy atom. The van der Waals surface area contributed by atoms with Crippen LogP contribution in [0.2, 0.25) is 0 Å². The molecule has 0 unspecified atom stereocenters. The Bertz CT molecular complexity index is 382. The smallest absolute Gasteiger partial charge is 0.363 e. The van der Waals surface area contributed by atoms with Gasteiger partial charge in [0.2, 0.25) is 5.78 Å². The van der Waals surface area contributed by atoms with E-state index in [9.17, 15) is 18.7 Å². The molecule has 0 fully saturated rings. The van der Waals surface area contributed by atoms with Crippen molar-refractivity contribution in [2.75, 3.05) is 0 Å². The second kappa shape index (κ2) is 4.18. The molecule has 1 aromatic rings. The summed E-state index contributed by atoms with van der Waals surface area (Å²) in [5, 5.41) is 9.31. The number of aliphatic hydroxyl groups excluding tert-OH is 1. The van der Waals surface area contributed by atoms with E-state index >= 15 is 0 Å². The van der Waals surface area contributed by atoms with Gasteiger partial charge in [0.05, 0.1) is 0 Å². The van der Waals surface area contributed by atoms with Gasteiger partial charge in [0.1, 0.15) is 5.76 Å². The second-order valence-corrected chi connectivity index (χ2v) is 2.88. The molecule has 5 heteroatoms. The minimum absolute atomic E-state index is 0.273. The van der Waals surface area contributed by atoms with Gasteiger partial charge in [-0.15, -0.1) is 0 Å². The predicted octanol–water partition coefficient (Wildman–Crippen LogP) is 1.71. The molecule has 0 aromatic heterocycles. The molecule has 0 saturated carbocycles. The summed E-state index contributed by atoms with van der Waals surface area (Å²) in [5.74, 6) is -2.17. The minimum Gasteiger partial charge on any atom is -0.507 e. The minimum atomic E-state index is -3.96. The zero-order chi connectivity index (χ0) is 11.5. The topological polar surface area (TPSA) is 63.3 Å². The van der Waals surface area contributed by atoms with Crippen molar-refractivity contribution in [1.29, 1.82) is 0 Å². The van der Waals surface area contributed by atoms with Crippen LogP contribution in [0.25, 0.3) is 5.76 Å². The zero-order valence-electron chi connectivity index (χ0n) is 7.65. The number of alkyl halides is 2. The number of benzene rings is 1. The summed E-state index contributed by atoms with van der Waals surface area (Å²) >= 11 is 0. The number of ketones is 1. The van der Waals surface area contributed by atoms with Gasteiger partial charge in [0.15, 0.2) is 0 Å². The van der Waals surface area contributed by atoms with Crippen LogP contribution in [0, 0.1) is 0 Å². The molecule has 3 N–H and O–H groups in total. The third-order valence-electron chi connectivity index (χ3n) is 1.67. The second-order valence-electron chi connectivity index (χ2n) is 2.88. The van der Waals surface area contributed by atoms with Gasteiger partial charge in [-0.3, -0.25) is 10.5 Å². The monoisotopic (exact) mass is 213 g/mol. The predicted molar refractivity (Wildman–Crippen MR) is 51.2 cm³/mol. The van der Waals surface area contributed by atoms with Crippen LogP contribution >= 0.6 is 0 Å². The van der Waals surface area contributed by atoms with Crippen LogP contribution in [0.5, 0.6) is 0 Å². The fourth-order valence-corrected chi connectivity index (χ4v) is 0.913. The highest BCUT2D eigenvalue weighted by molar-refractivity contribution is 5.99. The van der Waals surface area contributed by atoms with E-state index in [0.29, 0.717) is 6.08 Å². The molecular weight excluding hydrogens is 204 g/mol. The van der Waals surface area contributed by atoms with Gasteiger partial charge in [-0.2, -0.15) is 8.78 Å². The molecule has 0 aliphatic rings. The number of hydrogen-bond donors (Lipinski definition) is 2. The molecular formula is C10H9F2NO2. The van der Waals surface area contributed by atoms with Crippen LogP contribution < -0.4 is 5.73 Å². The Labute approximate surface area is 84.8 Å². The van der Waals surface area contributed by atoms with Crippen molar-refractivity contribution in [3.8, 4) is 0 Å². The maximum absolute atomic E-state index is 12.3. The van der Waals surface area contributed by atoms with Crippen molar-refractivity contribution in [3.05, 3.63) is 42.0 Å². The first-order valence-electron chi connectivity index (χ1n) is 4.08. The molecule has 0 amide bonds. The number of hydrogen-bond acceptors (Lipinski definition) is 3. The molecule has 0 aliphatic heterocycles. The van der Waals surface area contributed by atoms with Crippen molar-refractivity contribution >= 4 is 11.5 Å². The lowest BCUT2D eigenvalue weighted by atomic mass is 10.1. The molecule has 0 heterocycles. The van der Waals surface area contributed by atoms with Crippen LogP contribution in [0.4, 0.5) is 8.78 Å². The van der Waals surface area contributed by atoms with Gasteiger partial charge in [0, 0.05) is 11.6 Å². The van der Waals surface area contributed by atoms with Crippen molar-refractivity contribution in [1.82, 2.24) is 0 Å². The van der Waals surface area contributed by atoms with E-state index in [2.05, 4.69) is 5.73 Å². The van der Waals surface area contributed by atoms with Gasteiger partial charge in [-0.1, -0.05) is 30.3 Å². The van der Waals surface area contributed by atoms with E-state index in [4.69, 9.17) is 0 Å². The number of carbonyl (C=O) groups is 1. The number of nitrogens with two attached hydrogens (primary N) is 1. The molecule has 0 saturated heterocycles. The van der Waals surface area contributed by atoms with Gasteiger partial charge < -0.3 is 5.11 Å². The van der Waals surface area contributed by atoms with E-state index in [1.54, 1.807) is 18.2 Å². The molecule has 3 nitrogen and oxygen atoms in total. The molecule has 0 atom stereocenters. The average Bonchev–Trinajstić information content (AvgIpc) is 2.17. The molecule has 1 rings (SSSR count). The summed E-state index contributed by atoms with van der Waals surface area (Å²) in [6.07, 6.45) is 0.412. The van der Waals surface area contributed by atoms with Gasteiger partial charge >= 0.3 is 6.05 Å². The molecule has 1 aromatic carbocycles. The molecule has 0 radical (unpaired) electrons. The lowest BCUT2D eigenvalue weighted by Gasteiger charge is -2.05. The summed E-state index contributed by atoms with van der Waals surface area (Å²) in [4.78, 5) is 10.7. The van der Waals surface area contributed by atoms with Crippen molar-refractivity contribution < 1.29 is 18.7 Å². The largest absolute Gasteiger partial charge is 0.507 e. The quantitative estimate of drug-likeness (QED) is 0.456. The standard InChI is InChI=1S/C10H9F2NO2/c11-10(12,13)9(15)6-8(14)7-4-2-1-3-5-7/h1-6,14H,13H2/b8-6-. The first-order valence-corrected chi connectivity index (χ1v) is 4.08. The molecule has 80 valence electrons. The fourth-order valence-electron chi connectivity index (χ4n) is 0.913. The number of halogens is 2. The average molecular weight is 213 g/mol. The maximum atomic E-state index is 12.3. The first kappa shape index (κ1) is 11.3. The maximum Gasteiger partial charge on any atom is 0.363 e. The number of rotatable bonds is 3. The van der Waals surface area contributed by atoms with Crippen molar-refractivity contribution in [2.24, 2.45) is 5.73 Å². The van der Waals surface area contributed by atoms with Crippen LogP contribution in [0.3, 0.4) is 0 Å².